The van der Waals surface area contributed by atoms with E-state index in [4.69, 9.17) is 4.74 Å². The Balaban J connectivity index is 2.65. The predicted octanol–water partition coefficient (Wildman–Crippen LogP) is 1.02. The fourth-order valence-electron chi connectivity index (χ4n) is 1.90. The molecule has 2 N–H and O–H groups in total. The Bertz CT molecular complexity index is 490. The number of ether oxygens (including phenoxy) is 2. The summed E-state index contributed by atoms with van der Waals surface area (Å²) >= 11 is 0. The number of carbonyl (C=O) groups is 2. The second-order valence-electron chi connectivity index (χ2n) is 4.68. The second kappa shape index (κ2) is 8.26. The van der Waals surface area contributed by atoms with Gasteiger partial charge in [-0.1, -0.05) is 12.1 Å². The van der Waals surface area contributed by atoms with E-state index in [1.165, 1.54) is 14.0 Å². The minimum atomic E-state index is -0.708. The summed E-state index contributed by atoms with van der Waals surface area (Å²) in [4.78, 5) is 22.7. The first-order chi connectivity index (χ1) is 9.97. The first-order valence-electron chi connectivity index (χ1n) is 6.70. The Morgan fingerprint density at radius 1 is 1.29 bits per heavy atom. The molecular formula is C15H22N2O4. The van der Waals surface area contributed by atoms with Crippen molar-refractivity contribution in [2.45, 2.75) is 25.9 Å². The van der Waals surface area contributed by atoms with Crippen molar-refractivity contribution < 1.29 is 19.1 Å². The number of nitrogens with one attached hydrogen (secondary N) is 2. The van der Waals surface area contributed by atoms with Gasteiger partial charge in [-0.2, -0.15) is 0 Å². The third-order valence-corrected chi connectivity index (χ3v) is 3.09. The van der Waals surface area contributed by atoms with E-state index >= 15 is 0 Å². The highest BCUT2D eigenvalue weighted by Crippen LogP contribution is 2.18. The molecule has 1 aromatic rings. The molecule has 0 aromatic heterocycles. The van der Waals surface area contributed by atoms with Crippen LogP contribution >= 0.6 is 0 Å². The fraction of sp³-hybridized carbons (Fsp3) is 0.467. The molecule has 1 rings (SSSR count). The highest BCUT2D eigenvalue weighted by atomic mass is 16.5. The molecule has 0 spiro atoms. The molecule has 116 valence electrons. The standard InChI is InChI=1S/C15H22N2O4/c1-10(12-6-5-7-13(8-12)20-3)16-9-14(15(19)21-4)17-11(2)18/h5-8,10,14,16H,9H2,1-4H3,(H,17,18)/t10-,14?/m1/s1. The number of carbonyl (C=O) groups excluding carboxylic acids is 2. The maximum atomic E-state index is 11.6. The molecule has 0 heterocycles. The van der Waals surface area contributed by atoms with E-state index in [0.717, 1.165) is 11.3 Å². The van der Waals surface area contributed by atoms with E-state index in [9.17, 15) is 9.59 Å². The molecule has 0 saturated carbocycles. The predicted molar refractivity (Wildman–Crippen MR) is 79.0 cm³/mol. The smallest absolute Gasteiger partial charge is 0.329 e. The van der Waals surface area contributed by atoms with Crippen LogP contribution in [0.2, 0.25) is 0 Å². The van der Waals surface area contributed by atoms with Crippen LogP contribution in [0.3, 0.4) is 0 Å². The highest BCUT2D eigenvalue weighted by molar-refractivity contribution is 5.83. The van der Waals surface area contributed by atoms with Crippen molar-refractivity contribution in [2.24, 2.45) is 0 Å². The summed E-state index contributed by atoms with van der Waals surface area (Å²) < 4.78 is 9.85. The molecular weight excluding hydrogens is 272 g/mol. The zero-order valence-electron chi connectivity index (χ0n) is 12.8. The fourth-order valence-corrected chi connectivity index (χ4v) is 1.90. The Morgan fingerprint density at radius 3 is 2.57 bits per heavy atom. The maximum absolute atomic E-state index is 11.6. The molecule has 1 unspecified atom stereocenters. The molecule has 1 aromatic carbocycles. The van der Waals surface area contributed by atoms with E-state index in [2.05, 4.69) is 15.4 Å². The summed E-state index contributed by atoms with van der Waals surface area (Å²) in [6, 6.07) is 6.94. The maximum Gasteiger partial charge on any atom is 0.329 e. The zero-order valence-corrected chi connectivity index (χ0v) is 12.8. The van der Waals surface area contributed by atoms with Crippen LogP contribution in [-0.2, 0) is 14.3 Å². The van der Waals surface area contributed by atoms with Crippen LogP contribution in [0.5, 0.6) is 5.75 Å². The van der Waals surface area contributed by atoms with Gasteiger partial charge in [-0.05, 0) is 24.6 Å². The van der Waals surface area contributed by atoms with Crippen LogP contribution in [0.15, 0.2) is 24.3 Å². The summed E-state index contributed by atoms with van der Waals surface area (Å²) in [5.41, 5.74) is 1.03. The van der Waals surface area contributed by atoms with Crippen molar-refractivity contribution in [3.8, 4) is 5.75 Å². The third-order valence-electron chi connectivity index (χ3n) is 3.09. The summed E-state index contributed by atoms with van der Waals surface area (Å²) in [5, 5.41) is 5.76. The van der Waals surface area contributed by atoms with Gasteiger partial charge < -0.3 is 20.1 Å². The average Bonchev–Trinajstić information content (AvgIpc) is 2.49. The molecule has 0 aliphatic rings. The lowest BCUT2D eigenvalue weighted by molar-refractivity contribution is -0.144. The van der Waals surface area contributed by atoms with Gasteiger partial charge in [-0.25, -0.2) is 4.79 Å². The lowest BCUT2D eigenvalue weighted by Crippen LogP contribution is -2.47. The number of rotatable bonds is 7. The lowest BCUT2D eigenvalue weighted by atomic mass is 10.1. The molecule has 6 heteroatoms. The summed E-state index contributed by atoms with van der Waals surface area (Å²) in [6.45, 7) is 3.61. The van der Waals surface area contributed by atoms with E-state index in [0.29, 0.717) is 0 Å². The Kier molecular flexibility index (Phi) is 6.68. The van der Waals surface area contributed by atoms with Crippen LogP contribution in [-0.4, -0.2) is 38.7 Å². The van der Waals surface area contributed by atoms with Crippen LogP contribution in [0.4, 0.5) is 0 Å². The number of methoxy groups -OCH3 is 2. The van der Waals surface area contributed by atoms with E-state index in [1.54, 1.807) is 7.11 Å². The van der Waals surface area contributed by atoms with E-state index in [-0.39, 0.29) is 18.5 Å². The number of esters is 1. The van der Waals surface area contributed by atoms with E-state index < -0.39 is 12.0 Å². The van der Waals surface area contributed by atoms with Crippen LogP contribution < -0.4 is 15.4 Å². The van der Waals surface area contributed by atoms with Crippen LogP contribution in [0.25, 0.3) is 0 Å². The molecule has 0 fully saturated rings. The normalized spacial score (nSPS) is 13.1. The van der Waals surface area contributed by atoms with Gasteiger partial charge in [0.25, 0.3) is 0 Å². The Labute approximate surface area is 124 Å². The first kappa shape index (κ1) is 17.0. The molecule has 0 aliphatic carbocycles. The quantitative estimate of drug-likeness (QED) is 0.734. The number of amides is 1. The topological polar surface area (TPSA) is 76.7 Å². The van der Waals surface area contributed by atoms with Gasteiger partial charge in [-0.15, -0.1) is 0 Å². The van der Waals surface area contributed by atoms with Gasteiger partial charge in [-0.3, -0.25) is 4.79 Å². The van der Waals surface area contributed by atoms with Gasteiger partial charge in [0.15, 0.2) is 0 Å². The number of hydrogen-bond acceptors (Lipinski definition) is 5. The first-order valence-corrected chi connectivity index (χ1v) is 6.70. The minimum absolute atomic E-state index is 0.000939. The monoisotopic (exact) mass is 294 g/mol. The van der Waals surface area contributed by atoms with Gasteiger partial charge in [0.05, 0.1) is 14.2 Å². The Hall–Kier alpha value is -2.08. The van der Waals surface area contributed by atoms with E-state index in [1.807, 2.05) is 31.2 Å². The third kappa shape index (κ3) is 5.43. The van der Waals surface area contributed by atoms with Crippen LogP contribution in [0.1, 0.15) is 25.5 Å². The summed E-state index contributed by atoms with van der Waals surface area (Å²) in [6.07, 6.45) is 0. The molecule has 0 saturated heterocycles. The molecule has 6 nitrogen and oxygen atoms in total. The van der Waals surface area contributed by atoms with Gasteiger partial charge in [0.1, 0.15) is 11.8 Å². The molecule has 0 aliphatic heterocycles. The van der Waals surface area contributed by atoms with Crippen molar-refractivity contribution >= 4 is 11.9 Å². The van der Waals surface area contributed by atoms with Crippen molar-refractivity contribution in [3.05, 3.63) is 29.8 Å². The number of hydrogen-bond donors (Lipinski definition) is 2. The van der Waals surface area contributed by atoms with Crippen molar-refractivity contribution in [2.75, 3.05) is 20.8 Å². The summed E-state index contributed by atoms with van der Waals surface area (Å²) in [7, 11) is 2.91. The number of benzene rings is 1. The van der Waals surface area contributed by atoms with Crippen molar-refractivity contribution in [3.63, 3.8) is 0 Å². The second-order valence-corrected chi connectivity index (χ2v) is 4.68. The largest absolute Gasteiger partial charge is 0.497 e. The molecule has 0 bridgehead atoms. The summed E-state index contributed by atoms with van der Waals surface area (Å²) in [5.74, 6) is 0.0179. The highest BCUT2D eigenvalue weighted by Gasteiger charge is 2.20. The van der Waals surface area contributed by atoms with Gasteiger partial charge in [0.2, 0.25) is 5.91 Å². The zero-order chi connectivity index (χ0) is 15.8. The van der Waals surface area contributed by atoms with Gasteiger partial charge in [0, 0.05) is 19.5 Å². The molecule has 0 radical (unpaired) electrons. The molecule has 21 heavy (non-hydrogen) atoms. The molecule has 2 atom stereocenters. The van der Waals surface area contributed by atoms with Gasteiger partial charge >= 0.3 is 5.97 Å². The van der Waals surface area contributed by atoms with Crippen LogP contribution in [0, 0.1) is 0 Å². The lowest BCUT2D eigenvalue weighted by Gasteiger charge is -2.20. The minimum Gasteiger partial charge on any atom is -0.497 e. The van der Waals surface area contributed by atoms with Crippen molar-refractivity contribution in [1.82, 2.24) is 10.6 Å². The van der Waals surface area contributed by atoms with Crippen molar-refractivity contribution in [1.29, 1.82) is 0 Å². The molecule has 1 amide bonds. The average molecular weight is 294 g/mol. The Morgan fingerprint density at radius 2 is 2.00 bits per heavy atom. The SMILES string of the molecule is COC(=O)C(CN[C@H](C)c1cccc(OC)c1)NC(C)=O.